The number of likely N-dealkylation sites (tertiary alicyclic amines) is 1. The minimum absolute atomic E-state index is 0.0979. The maximum absolute atomic E-state index is 13.8. The van der Waals surface area contributed by atoms with Crippen LogP contribution in [0.2, 0.25) is 0 Å². The Morgan fingerprint density at radius 3 is 2.50 bits per heavy atom. The number of ether oxygens (including phenoxy) is 1. The van der Waals surface area contributed by atoms with Crippen LogP contribution in [0.4, 0.5) is 0 Å². The Hall–Kier alpha value is -2.91. The van der Waals surface area contributed by atoms with Crippen LogP contribution in [0.25, 0.3) is 5.76 Å². The quantitative estimate of drug-likeness (QED) is 0.231. The highest BCUT2D eigenvalue weighted by molar-refractivity contribution is 9.10. The number of rotatable bonds is 8. The van der Waals surface area contributed by atoms with Crippen molar-refractivity contribution in [3.63, 3.8) is 0 Å². The summed E-state index contributed by atoms with van der Waals surface area (Å²) >= 11 is 3.45. The molecule has 9 heteroatoms. The van der Waals surface area contributed by atoms with Crippen molar-refractivity contribution >= 4 is 39.3 Å². The second kappa shape index (κ2) is 10.6. The number of hydrogen-bond donors (Lipinski definition) is 2. The Labute approximate surface area is 207 Å². The van der Waals surface area contributed by atoms with Crippen LogP contribution >= 0.6 is 15.9 Å². The van der Waals surface area contributed by atoms with E-state index in [-0.39, 0.29) is 16.8 Å². The Balaban J connectivity index is 2.19. The topological polar surface area (TPSA) is 107 Å². The minimum Gasteiger partial charge on any atom is -0.872 e. The summed E-state index contributed by atoms with van der Waals surface area (Å²) in [7, 11) is 1.26. The highest BCUT2D eigenvalue weighted by atomic mass is 79.9. The fourth-order valence-corrected chi connectivity index (χ4v) is 4.95. The molecule has 0 saturated carbocycles. The van der Waals surface area contributed by atoms with Gasteiger partial charge in [-0.3, -0.25) is 9.59 Å². The Kier molecular flexibility index (Phi) is 7.99. The van der Waals surface area contributed by atoms with Gasteiger partial charge in [-0.2, -0.15) is 0 Å². The van der Waals surface area contributed by atoms with E-state index in [0.29, 0.717) is 29.9 Å². The number of aryl methyl sites for hydroxylation is 1. The van der Waals surface area contributed by atoms with Crippen LogP contribution in [-0.2, 0) is 14.3 Å². The Morgan fingerprint density at radius 2 is 1.91 bits per heavy atom. The number of halogens is 1. The number of carbonyl (C=O) groups is 3. The molecular weight excluding hydrogens is 502 g/mol. The van der Waals surface area contributed by atoms with E-state index in [4.69, 9.17) is 4.74 Å². The number of benzene rings is 1. The summed E-state index contributed by atoms with van der Waals surface area (Å²) in [5.41, 5.74) is 1.77. The van der Waals surface area contributed by atoms with Crippen molar-refractivity contribution in [1.82, 2.24) is 9.88 Å². The van der Waals surface area contributed by atoms with E-state index < -0.39 is 29.5 Å². The van der Waals surface area contributed by atoms with Gasteiger partial charge in [0.05, 0.1) is 39.3 Å². The number of likely N-dealkylation sites (N-methyl/N-ethyl adjacent to an activating group) is 1. The maximum atomic E-state index is 13.8. The van der Waals surface area contributed by atoms with E-state index in [1.54, 1.807) is 13.8 Å². The standard InChI is InChI=1S/C25H30BrN3O5/c1-6-28(7-2)11-12-29-21(16-9-8-10-17(26)13-16)19(23(31)24(29)32)22(30)18-14(3)20(25(33)34-5)27-15(18)4/h8-10,13,21,27,30H,6-7,11-12H2,1-5H3. The fraction of sp³-hybridized carbons (Fsp3) is 0.400. The lowest BCUT2D eigenvalue weighted by molar-refractivity contribution is -0.895. The number of aromatic amines is 1. The fourth-order valence-electron chi connectivity index (χ4n) is 4.54. The number of methoxy groups -OCH3 is 1. The monoisotopic (exact) mass is 531 g/mol. The van der Waals surface area contributed by atoms with Crippen molar-refractivity contribution < 1.29 is 29.1 Å². The van der Waals surface area contributed by atoms with Gasteiger partial charge in [0.1, 0.15) is 5.69 Å². The zero-order chi connectivity index (χ0) is 25.2. The number of nitrogens with zero attached hydrogens (tertiary/aromatic N) is 1. The van der Waals surface area contributed by atoms with Gasteiger partial charge in [-0.15, -0.1) is 0 Å². The van der Waals surface area contributed by atoms with Gasteiger partial charge in [-0.1, -0.05) is 33.8 Å². The molecule has 2 N–H and O–H groups in total. The van der Waals surface area contributed by atoms with E-state index in [9.17, 15) is 19.5 Å². The van der Waals surface area contributed by atoms with Crippen LogP contribution in [0, 0.1) is 13.8 Å². The number of H-pyrrole nitrogens is 1. The van der Waals surface area contributed by atoms with Crippen molar-refractivity contribution in [2.45, 2.75) is 33.7 Å². The van der Waals surface area contributed by atoms with Crippen LogP contribution in [0.1, 0.15) is 52.8 Å². The van der Waals surface area contributed by atoms with Crippen molar-refractivity contribution in [3.05, 3.63) is 62.4 Å². The number of aromatic nitrogens is 1. The van der Waals surface area contributed by atoms with E-state index in [1.807, 2.05) is 24.3 Å². The third kappa shape index (κ3) is 4.67. The molecule has 0 spiro atoms. The minimum atomic E-state index is -0.810. The number of Topliss-reactive ketones (excluding diaryl/α,β-unsaturated/α-hetero) is 1. The zero-order valence-electron chi connectivity index (χ0n) is 20.1. The molecule has 1 atom stereocenters. The highest BCUT2D eigenvalue weighted by Crippen LogP contribution is 2.40. The molecule has 3 rings (SSSR count). The third-order valence-electron chi connectivity index (χ3n) is 6.45. The van der Waals surface area contributed by atoms with Crippen molar-refractivity contribution in [3.8, 4) is 0 Å². The molecule has 1 unspecified atom stereocenters. The summed E-state index contributed by atoms with van der Waals surface area (Å²) in [5, 5.41) is 13.8. The van der Waals surface area contributed by atoms with Crippen molar-refractivity contribution in [2.24, 2.45) is 0 Å². The molecule has 1 aromatic heterocycles. The predicted molar refractivity (Wildman–Crippen MR) is 129 cm³/mol. The van der Waals surface area contributed by atoms with Crippen LogP contribution in [-0.4, -0.2) is 60.8 Å². The van der Waals surface area contributed by atoms with E-state index in [0.717, 1.165) is 17.6 Å². The van der Waals surface area contributed by atoms with Gasteiger partial charge in [-0.05, 0) is 56.5 Å². The molecule has 1 amide bonds. The average molecular weight is 532 g/mol. The van der Waals surface area contributed by atoms with Crippen LogP contribution < -0.4 is 10.0 Å². The molecule has 0 bridgehead atoms. The number of hydrogen-bond acceptors (Lipinski definition) is 5. The van der Waals surface area contributed by atoms with E-state index in [1.165, 1.54) is 16.9 Å². The average Bonchev–Trinajstić information content (AvgIpc) is 3.26. The largest absolute Gasteiger partial charge is 0.872 e. The molecule has 2 heterocycles. The first-order valence-electron chi connectivity index (χ1n) is 11.3. The number of esters is 1. The van der Waals surface area contributed by atoms with Crippen LogP contribution in [0.15, 0.2) is 34.3 Å². The Bertz CT molecular complexity index is 1150. The Morgan fingerprint density at radius 1 is 1.24 bits per heavy atom. The first kappa shape index (κ1) is 25.7. The molecule has 2 aromatic rings. The summed E-state index contributed by atoms with van der Waals surface area (Å²) in [6, 6.07) is 6.47. The smallest absolute Gasteiger partial charge is 0.354 e. The lowest BCUT2D eigenvalue weighted by Gasteiger charge is -2.29. The number of nitrogens with one attached hydrogen (secondary N) is 2. The summed E-state index contributed by atoms with van der Waals surface area (Å²) in [6.45, 7) is 10.2. The number of ketones is 1. The van der Waals surface area contributed by atoms with Gasteiger partial charge in [-0.25, -0.2) is 4.79 Å². The second-order valence-electron chi connectivity index (χ2n) is 8.35. The maximum Gasteiger partial charge on any atom is 0.354 e. The molecule has 1 saturated heterocycles. The molecule has 1 aliphatic heterocycles. The number of amides is 1. The van der Waals surface area contributed by atoms with Gasteiger partial charge in [0.15, 0.2) is 0 Å². The lowest BCUT2D eigenvalue weighted by Crippen LogP contribution is -3.12. The molecular formula is C25H30BrN3O5. The van der Waals surface area contributed by atoms with E-state index >= 15 is 0 Å². The molecule has 8 nitrogen and oxygen atoms in total. The molecule has 0 aliphatic carbocycles. The zero-order valence-corrected chi connectivity index (χ0v) is 21.7. The third-order valence-corrected chi connectivity index (χ3v) is 6.95. The van der Waals surface area contributed by atoms with Crippen LogP contribution in [0.5, 0.6) is 0 Å². The predicted octanol–water partition coefficient (Wildman–Crippen LogP) is 1.33. The molecule has 1 aliphatic rings. The molecule has 0 radical (unpaired) electrons. The first-order valence-corrected chi connectivity index (χ1v) is 12.1. The lowest BCUT2D eigenvalue weighted by atomic mass is 9.94. The molecule has 1 fully saturated rings. The van der Waals surface area contributed by atoms with Crippen LogP contribution in [0.3, 0.4) is 0 Å². The molecule has 182 valence electrons. The van der Waals surface area contributed by atoms with Gasteiger partial charge < -0.3 is 24.6 Å². The number of carbonyl (C=O) groups excluding carboxylic acids is 3. The summed E-state index contributed by atoms with van der Waals surface area (Å²) < 4.78 is 5.58. The summed E-state index contributed by atoms with van der Waals surface area (Å²) in [4.78, 5) is 44.2. The molecule has 1 aromatic carbocycles. The SMILES string of the molecule is CC[NH+](CC)CCN1C(=O)C(=O)C(=C([O-])c2c(C)[nH]c(C(=O)OC)c2C)C1c1cccc(Br)c1. The summed E-state index contributed by atoms with van der Waals surface area (Å²) in [6.07, 6.45) is 0. The number of quaternary nitrogens is 1. The van der Waals surface area contributed by atoms with Gasteiger partial charge >= 0.3 is 5.97 Å². The molecule has 34 heavy (non-hydrogen) atoms. The highest BCUT2D eigenvalue weighted by Gasteiger charge is 2.44. The van der Waals surface area contributed by atoms with E-state index in [2.05, 4.69) is 34.8 Å². The van der Waals surface area contributed by atoms with Crippen molar-refractivity contribution in [1.29, 1.82) is 0 Å². The van der Waals surface area contributed by atoms with Gasteiger partial charge in [0.25, 0.3) is 5.91 Å². The summed E-state index contributed by atoms with van der Waals surface area (Å²) in [5.74, 6) is -2.64. The van der Waals surface area contributed by atoms with Gasteiger partial charge in [0.2, 0.25) is 5.78 Å². The second-order valence-corrected chi connectivity index (χ2v) is 9.27. The normalized spacial score (nSPS) is 17.6. The first-order chi connectivity index (χ1) is 16.2. The van der Waals surface area contributed by atoms with Crippen molar-refractivity contribution in [2.75, 3.05) is 33.3 Å². The van der Waals surface area contributed by atoms with Gasteiger partial charge in [0, 0.05) is 15.7 Å².